The molecular weight excluding hydrogens is 346 g/mol. The van der Waals surface area contributed by atoms with Gasteiger partial charge in [-0.25, -0.2) is 0 Å². The minimum atomic E-state index is -0.202. The van der Waals surface area contributed by atoms with E-state index < -0.39 is 0 Å². The largest absolute Gasteiger partial charge is 0.393 e. The second-order valence-electron chi connectivity index (χ2n) is 9.71. The lowest BCUT2D eigenvalue weighted by atomic mass is 9.65. The van der Waals surface area contributed by atoms with Crippen LogP contribution in [0.1, 0.15) is 79.1 Å². The summed E-state index contributed by atoms with van der Waals surface area (Å²) in [5.41, 5.74) is 10.3. The van der Waals surface area contributed by atoms with Gasteiger partial charge >= 0.3 is 0 Å². The van der Waals surface area contributed by atoms with E-state index in [4.69, 9.17) is 4.84 Å². The monoisotopic (exact) mass is 385 g/mol. The average Bonchev–Trinajstić information content (AvgIpc) is 2.99. The summed E-state index contributed by atoms with van der Waals surface area (Å²) in [4.78, 5) is 5.70. The Kier molecular flexibility index (Phi) is 6.88. The van der Waals surface area contributed by atoms with Gasteiger partial charge in [-0.15, -0.1) is 0 Å². The maximum atomic E-state index is 10.00. The smallest absolute Gasteiger partial charge is 0.0768 e. The molecule has 3 saturated carbocycles. The van der Waals surface area contributed by atoms with Crippen molar-refractivity contribution in [2.45, 2.75) is 85.2 Å². The predicted octanol–water partition coefficient (Wildman–Crippen LogP) is 5.99. The lowest BCUT2D eigenvalue weighted by Crippen LogP contribution is -2.31. The zero-order valence-electron chi connectivity index (χ0n) is 18.3. The van der Waals surface area contributed by atoms with E-state index >= 15 is 0 Å². The highest BCUT2D eigenvalue weighted by Crippen LogP contribution is 2.57. The molecule has 156 valence electrons. The minimum Gasteiger partial charge on any atom is -0.393 e. The van der Waals surface area contributed by atoms with Crippen LogP contribution in [0.3, 0.4) is 0 Å². The van der Waals surface area contributed by atoms with Crippen molar-refractivity contribution in [2.75, 3.05) is 6.61 Å². The van der Waals surface area contributed by atoms with Gasteiger partial charge in [-0.2, -0.15) is 0 Å². The van der Waals surface area contributed by atoms with Crippen LogP contribution in [-0.4, -0.2) is 17.8 Å². The van der Waals surface area contributed by atoms with Gasteiger partial charge in [-0.05, 0) is 86.7 Å². The van der Waals surface area contributed by atoms with Gasteiger partial charge in [-0.1, -0.05) is 50.6 Å². The lowest BCUT2D eigenvalue weighted by Gasteiger charge is -2.40. The van der Waals surface area contributed by atoms with Gasteiger partial charge in [0.1, 0.15) is 0 Å². The summed E-state index contributed by atoms with van der Waals surface area (Å²) in [7, 11) is 0. The Labute approximate surface area is 171 Å². The van der Waals surface area contributed by atoms with Crippen LogP contribution >= 0.6 is 0 Å². The summed E-state index contributed by atoms with van der Waals surface area (Å²) in [6.07, 6.45) is 13.0. The molecule has 3 heteroatoms. The van der Waals surface area contributed by atoms with Crippen molar-refractivity contribution in [3.63, 3.8) is 0 Å². The van der Waals surface area contributed by atoms with E-state index in [1.807, 2.05) is 0 Å². The molecule has 0 spiro atoms. The van der Waals surface area contributed by atoms with Gasteiger partial charge in [0.15, 0.2) is 0 Å². The molecule has 0 aromatic heterocycles. The molecule has 2 N–H and O–H groups in total. The number of rotatable bonds is 5. The molecule has 0 aliphatic heterocycles. The molecule has 0 bridgehead atoms. The minimum absolute atomic E-state index is 0.202. The van der Waals surface area contributed by atoms with Crippen LogP contribution in [0.25, 0.3) is 0 Å². The number of aliphatic hydroxyl groups is 1. The summed E-state index contributed by atoms with van der Waals surface area (Å²) < 4.78 is 0. The number of hydrogen-bond acceptors (Lipinski definition) is 3. The molecule has 3 aliphatic rings. The summed E-state index contributed by atoms with van der Waals surface area (Å²) >= 11 is 0. The van der Waals surface area contributed by atoms with Crippen LogP contribution in [0.5, 0.6) is 0 Å². The van der Waals surface area contributed by atoms with Crippen molar-refractivity contribution in [1.82, 2.24) is 5.48 Å². The molecule has 0 radical (unpaired) electrons. The molecule has 0 aromatic carbocycles. The van der Waals surface area contributed by atoms with Crippen molar-refractivity contribution in [2.24, 2.45) is 17.3 Å². The molecule has 0 heterocycles. The molecule has 0 unspecified atom stereocenters. The van der Waals surface area contributed by atoms with Gasteiger partial charge in [0, 0.05) is 5.70 Å². The first-order valence-electron chi connectivity index (χ1n) is 11.1. The highest BCUT2D eigenvalue weighted by molar-refractivity contribution is 5.38. The number of allylic oxidation sites excluding steroid dienone is 6. The van der Waals surface area contributed by atoms with Crippen molar-refractivity contribution >= 4 is 0 Å². The van der Waals surface area contributed by atoms with E-state index in [9.17, 15) is 5.11 Å². The van der Waals surface area contributed by atoms with E-state index in [0.717, 1.165) is 32.3 Å². The number of hydrogen-bond donors (Lipinski definition) is 2. The Bertz CT molecular complexity index is 685. The summed E-state index contributed by atoms with van der Waals surface area (Å²) in [6.45, 7) is 13.9. The van der Waals surface area contributed by atoms with Crippen molar-refractivity contribution in [3.05, 3.63) is 46.7 Å². The Morgan fingerprint density at radius 1 is 1.29 bits per heavy atom. The van der Waals surface area contributed by atoms with Crippen molar-refractivity contribution in [3.8, 4) is 0 Å². The fourth-order valence-corrected chi connectivity index (χ4v) is 5.45. The second-order valence-corrected chi connectivity index (χ2v) is 9.71. The van der Waals surface area contributed by atoms with E-state index in [0.29, 0.717) is 11.8 Å². The Morgan fingerprint density at radius 2 is 2.07 bits per heavy atom. The van der Waals surface area contributed by atoms with Gasteiger partial charge in [0.25, 0.3) is 0 Å². The van der Waals surface area contributed by atoms with Gasteiger partial charge in [0.2, 0.25) is 0 Å². The molecule has 0 aromatic rings. The van der Waals surface area contributed by atoms with E-state index in [2.05, 4.69) is 51.9 Å². The van der Waals surface area contributed by atoms with E-state index in [1.165, 1.54) is 42.5 Å². The zero-order valence-corrected chi connectivity index (χ0v) is 18.3. The summed E-state index contributed by atoms with van der Waals surface area (Å²) in [5.74, 6) is 1.15. The van der Waals surface area contributed by atoms with Crippen LogP contribution in [0.15, 0.2) is 46.7 Å². The molecule has 3 nitrogen and oxygen atoms in total. The third-order valence-corrected chi connectivity index (χ3v) is 7.03. The molecule has 3 rings (SSSR count). The van der Waals surface area contributed by atoms with Gasteiger partial charge < -0.3 is 5.11 Å². The Balaban J connectivity index is 1.77. The molecular formula is C25H39NO2. The van der Waals surface area contributed by atoms with E-state index in [-0.39, 0.29) is 11.5 Å². The van der Waals surface area contributed by atoms with Crippen LogP contribution in [0.2, 0.25) is 0 Å². The first-order chi connectivity index (χ1) is 13.3. The van der Waals surface area contributed by atoms with E-state index in [1.54, 1.807) is 11.1 Å². The number of nitrogens with one attached hydrogen (secondary N) is 1. The zero-order chi connectivity index (χ0) is 20.3. The van der Waals surface area contributed by atoms with Crippen molar-refractivity contribution in [1.29, 1.82) is 0 Å². The number of aliphatic hydroxyl groups excluding tert-OH is 1. The first kappa shape index (κ1) is 21.4. The molecule has 3 fully saturated rings. The number of fused-ring (bicyclic) bond motifs is 1. The second kappa shape index (κ2) is 9.00. The molecule has 28 heavy (non-hydrogen) atoms. The van der Waals surface area contributed by atoms with Crippen LogP contribution < -0.4 is 5.48 Å². The third-order valence-electron chi connectivity index (χ3n) is 7.03. The Hall–Kier alpha value is -1.32. The normalized spacial score (nSPS) is 35.6. The highest BCUT2D eigenvalue weighted by Gasteiger charge is 2.46. The predicted molar refractivity (Wildman–Crippen MR) is 116 cm³/mol. The summed E-state index contributed by atoms with van der Waals surface area (Å²) in [6, 6.07) is 0. The fourth-order valence-electron chi connectivity index (χ4n) is 5.45. The quantitative estimate of drug-likeness (QED) is 0.571. The summed E-state index contributed by atoms with van der Waals surface area (Å²) in [5, 5.41) is 10.00. The third kappa shape index (κ3) is 4.63. The first-order valence-corrected chi connectivity index (χ1v) is 11.1. The topological polar surface area (TPSA) is 41.5 Å². The fraction of sp³-hybridized carbons (Fsp3) is 0.680. The molecule has 0 saturated heterocycles. The molecule has 3 atom stereocenters. The van der Waals surface area contributed by atoms with Crippen LogP contribution in [0.4, 0.5) is 0 Å². The molecule has 0 amide bonds. The maximum absolute atomic E-state index is 10.00. The van der Waals surface area contributed by atoms with Crippen molar-refractivity contribution < 1.29 is 9.94 Å². The van der Waals surface area contributed by atoms with Crippen LogP contribution in [0, 0.1) is 17.3 Å². The number of hydroxylamine groups is 1. The highest BCUT2D eigenvalue weighted by atomic mass is 16.6. The standard InChI is InChI=1S/C25H39NO2/c1-17(2)16-28-26-19(4)23-12-13-24-20(7-6-14-25(23,24)5)9-10-21-15-22(27)11-8-18(21)3/h9-10,17,22,24,26-27H,3,6-8,11-16H2,1-2,4-5H3/t22-,24-,25+/m0/s1. The Morgan fingerprint density at radius 3 is 2.82 bits per heavy atom. The van der Waals surface area contributed by atoms with Crippen LogP contribution in [-0.2, 0) is 4.84 Å². The van der Waals surface area contributed by atoms with Gasteiger partial charge in [0.05, 0.1) is 12.7 Å². The van der Waals surface area contributed by atoms with Gasteiger partial charge in [-0.3, -0.25) is 10.3 Å². The average molecular weight is 386 g/mol. The SMILES string of the molecule is C=C1CC[C@H](O)CC1=CC=C1CCC[C@]2(C)C(=C(C)NOCC(C)C)CC[C@@H]12. The lowest BCUT2D eigenvalue weighted by molar-refractivity contribution is 0.0418. The molecule has 3 aliphatic carbocycles. The maximum Gasteiger partial charge on any atom is 0.0768 e.